The molecule has 142 valence electrons. The van der Waals surface area contributed by atoms with E-state index in [-0.39, 0.29) is 0 Å². The van der Waals surface area contributed by atoms with Crippen LogP contribution in [0.5, 0.6) is 5.75 Å². The molecule has 4 nitrogen and oxygen atoms in total. The fourth-order valence-electron chi connectivity index (χ4n) is 3.84. The van der Waals surface area contributed by atoms with E-state index in [0.29, 0.717) is 6.61 Å². The largest absolute Gasteiger partial charge is 0.494 e. The smallest absolute Gasteiger partial charge is 0.123 e. The van der Waals surface area contributed by atoms with E-state index >= 15 is 0 Å². The fraction of sp³-hybridized carbons (Fsp3) is 0.545. The first-order valence-corrected chi connectivity index (χ1v) is 9.81. The minimum atomic E-state index is 0.717. The van der Waals surface area contributed by atoms with Crippen LogP contribution < -0.4 is 4.74 Å². The summed E-state index contributed by atoms with van der Waals surface area (Å²) in [5.74, 6) is 3.88. The Kier molecular flexibility index (Phi) is 6.75. The Balaban J connectivity index is 1.44. The third-order valence-electron chi connectivity index (χ3n) is 5.17. The van der Waals surface area contributed by atoms with E-state index in [0.717, 1.165) is 55.9 Å². The Morgan fingerprint density at radius 2 is 1.92 bits per heavy atom. The van der Waals surface area contributed by atoms with Crippen molar-refractivity contribution >= 4 is 0 Å². The SMILES string of the molecule is CCOc1ccccc1CN(C)CC1CCN(Cc2ccc(C)o2)CC1. The van der Waals surface area contributed by atoms with Crippen LogP contribution in [0.2, 0.25) is 0 Å². The minimum Gasteiger partial charge on any atom is -0.494 e. The Morgan fingerprint density at radius 3 is 2.62 bits per heavy atom. The first kappa shape index (κ1) is 19.0. The van der Waals surface area contributed by atoms with Crippen molar-refractivity contribution in [3.63, 3.8) is 0 Å². The van der Waals surface area contributed by atoms with Crippen molar-refractivity contribution in [3.05, 3.63) is 53.5 Å². The van der Waals surface area contributed by atoms with E-state index in [1.807, 2.05) is 19.9 Å². The summed E-state index contributed by atoms with van der Waals surface area (Å²) in [6, 6.07) is 12.5. The molecule has 0 aliphatic carbocycles. The van der Waals surface area contributed by atoms with Crippen molar-refractivity contribution < 1.29 is 9.15 Å². The monoisotopic (exact) mass is 356 g/mol. The van der Waals surface area contributed by atoms with Gasteiger partial charge in [0.25, 0.3) is 0 Å². The first-order valence-electron chi connectivity index (χ1n) is 9.81. The van der Waals surface area contributed by atoms with Gasteiger partial charge in [0.15, 0.2) is 0 Å². The van der Waals surface area contributed by atoms with Crippen LogP contribution in [0.15, 0.2) is 40.8 Å². The van der Waals surface area contributed by atoms with Gasteiger partial charge >= 0.3 is 0 Å². The number of rotatable bonds is 8. The van der Waals surface area contributed by atoms with Gasteiger partial charge in [0.1, 0.15) is 17.3 Å². The molecule has 0 bridgehead atoms. The van der Waals surface area contributed by atoms with Crippen LogP contribution in [0.25, 0.3) is 0 Å². The zero-order valence-electron chi connectivity index (χ0n) is 16.4. The van der Waals surface area contributed by atoms with E-state index in [4.69, 9.17) is 9.15 Å². The van der Waals surface area contributed by atoms with Gasteiger partial charge in [-0.1, -0.05) is 18.2 Å². The zero-order chi connectivity index (χ0) is 18.4. The van der Waals surface area contributed by atoms with Crippen molar-refractivity contribution in [2.75, 3.05) is 33.3 Å². The van der Waals surface area contributed by atoms with Gasteiger partial charge in [-0.3, -0.25) is 4.90 Å². The molecule has 1 aliphatic heterocycles. The summed E-state index contributed by atoms with van der Waals surface area (Å²) >= 11 is 0. The molecule has 1 aromatic carbocycles. The second kappa shape index (κ2) is 9.24. The molecule has 1 aliphatic rings. The van der Waals surface area contributed by atoms with Crippen LogP contribution in [0.3, 0.4) is 0 Å². The molecule has 2 heterocycles. The molecule has 0 atom stereocenters. The summed E-state index contributed by atoms with van der Waals surface area (Å²) in [4.78, 5) is 4.95. The summed E-state index contributed by atoms with van der Waals surface area (Å²) in [7, 11) is 2.22. The van der Waals surface area contributed by atoms with Gasteiger partial charge in [0, 0.05) is 18.7 Å². The topological polar surface area (TPSA) is 28.9 Å². The van der Waals surface area contributed by atoms with Crippen molar-refractivity contribution in [2.45, 2.75) is 39.8 Å². The lowest BCUT2D eigenvalue weighted by molar-refractivity contribution is 0.139. The molecular weight excluding hydrogens is 324 g/mol. The van der Waals surface area contributed by atoms with Crippen molar-refractivity contribution in [1.29, 1.82) is 0 Å². The highest BCUT2D eigenvalue weighted by molar-refractivity contribution is 5.33. The molecule has 1 saturated heterocycles. The Hall–Kier alpha value is -1.78. The van der Waals surface area contributed by atoms with Gasteiger partial charge in [0.05, 0.1) is 13.2 Å². The average molecular weight is 357 g/mol. The van der Waals surface area contributed by atoms with E-state index in [1.165, 1.54) is 18.4 Å². The molecule has 0 radical (unpaired) electrons. The van der Waals surface area contributed by atoms with E-state index in [2.05, 4.69) is 47.2 Å². The molecule has 3 rings (SSSR count). The summed E-state index contributed by atoms with van der Waals surface area (Å²) < 4.78 is 11.5. The number of para-hydroxylation sites is 1. The zero-order valence-corrected chi connectivity index (χ0v) is 16.4. The van der Waals surface area contributed by atoms with Gasteiger partial charge in [-0.15, -0.1) is 0 Å². The molecule has 1 aromatic heterocycles. The predicted molar refractivity (Wildman–Crippen MR) is 105 cm³/mol. The van der Waals surface area contributed by atoms with Crippen molar-refractivity contribution in [3.8, 4) is 5.75 Å². The Labute approximate surface area is 157 Å². The Bertz CT molecular complexity index is 674. The first-order chi connectivity index (χ1) is 12.6. The maximum atomic E-state index is 5.76. The lowest BCUT2D eigenvalue weighted by Gasteiger charge is -2.33. The minimum absolute atomic E-state index is 0.717. The molecule has 2 aromatic rings. The summed E-state index contributed by atoms with van der Waals surface area (Å²) in [6.07, 6.45) is 2.52. The van der Waals surface area contributed by atoms with Crippen LogP contribution in [0.1, 0.15) is 36.8 Å². The quantitative estimate of drug-likeness (QED) is 0.704. The highest BCUT2D eigenvalue weighted by Gasteiger charge is 2.21. The molecule has 0 N–H and O–H groups in total. The highest BCUT2D eigenvalue weighted by atomic mass is 16.5. The van der Waals surface area contributed by atoms with Crippen LogP contribution in [0, 0.1) is 12.8 Å². The number of nitrogens with zero attached hydrogens (tertiary/aromatic N) is 2. The van der Waals surface area contributed by atoms with Gasteiger partial charge in [0.2, 0.25) is 0 Å². The van der Waals surface area contributed by atoms with Crippen molar-refractivity contribution in [1.82, 2.24) is 9.80 Å². The third-order valence-corrected chi connectivity index (χ3v) is 5.17. The molecular formula is C22H32N2O2. The summed E-state index contributed by atoms with van der Waals surface area (Å²) in [5, 5.41) is 0. The van der Waals surface area contributed by atoms with E-state index in [1.54, 1.807) is 0 Å². The average Bonchev–Trinajstić information content (AvgIpc) is 3.03. The van der Waals surface area contributed by atoms with Crippen LogP contribution in [-0.2, 0) is 13.1 Å². The van der Waals surface area contributed by atoms with Gasteiger partial charge in [-0.25, -0.2) is 0 Å². The lowest BCUT2D eigenvalue weighted by atomic mass is 9.96. The number of aryl methyl sites for hydroxylation is 1. The molecule has 0 saturated carbocycles. The predicted octanol–water partition coefficient (Wildman–Crippen LogP) is 4.33. The highest BCUT2D eigenvalue weighted by Crippen LogP contribution is 2.23. The summed E-state index contributed by atoms with van der Waals surface area (Å²) in [6.45, 7) is 10.1. The number of likely N-dealkylation sites (tertiary alicyclic amines) is 1. The van der Waals surface area contributed by atoms with Crippen LogP contribution in [-0.4, -0.2) is 43.1 Å². The molecule has 26 heavy (non-hydrogen) atoms. The molecule has 0 unspecified atom stereocenters. The molecule has 4 heteroatoms. The van der Waals surface area contributed by atoms with Gasteiger partial charge in [-0.05, 0) is 70.9 Å². The number of piperidine rings is 1. The maximum Gasteiger partial charge on any atom is 0.123 e. The standard InChI is InChI=1S/C22H32N2O2/c1-4-25-22-8-6-5-7-20(22)16-23(3)15-19-11-13-24(14-12-19)17-21-10-9-18(2)26-21/h5-10,19H,4,11-17H2,1-3H3. The second-order valence-corrected chi connectivity index (χ2v) is 7.47. The molecule has 1 fully saturated rings. The third kappa shape index (κ3) is 5.36. The number of hydrogen-bond acceptors (Lipinski definition) is 4. The van der Waals surface area contributed by atoms with E-state index in [9.17, 15) is 0 Å². The number of benzene rings is 1. The Morgan fingerprint density at radius 1 is 1.15 bits per heavy atom. The van der Waals surface area contributed by atoms with E-state index < -0.39 is 0 Å². The van der Waals surface area contributed by atoms with Crippen molar-refractivity contribution in [2.24, 2.45) is 5.92 Å². The molecule has 0 spiro atoms. The van der Waals surface area contributed by atoms with Gasteiger partial charge in [-0.2, -0.15) is 0 Å². The van der Waals surface area contributed by atoms with Crippen LogP contribution in [0.4, 0.5) is 0 Å². The number of hydrogen-bond donors (Lipinski definition) is 0. The lowest BCUT2D eigenvalue weighted by Crippen LogP contribution is -2.37. The molecule has 0 amide bonds. The van der Waals surface area contributed by atoms with Crippen LogP contribution >= 0.6 is 0 Å². The number of furan rings is 1. The maximum absolute atomic E-state index is 5.76. The number of ether oxygens (including phenoxy) is 1. The summed E-state index contributed by atoms with van der Waals surface area (Å²) in [5.41, 5.74) is 1.28. The van der Waals surface area contributed by atoms with Gasteiger partial charge < -0.3 is 14.1 Å². The normalized spacial score (nSPS) is 16.3. The fourth-order valence-corrected chi connectivity index (χ4v) is 3.84. The second-order valence-electron chi connectivity index (χ2n) is 7.47.